The first-order chi connectivity index (χ1) is 17.6. The number of thioether (sulfide) groups is 1. The first-order valence-electron chi connectivity index (χ1n) is 12.4. The minimum Gasteiger partial charge on any atom is -0.494 e. The number of rotatable bonds is 8. The average molecular weight is 507 g/mol. The first kappa shape index (κ1) is 24.5. The number of anilines is 4. The maximum Gasteiger partial charge on any atom is 0.229 e. The van der Waals surface area contributed by atoms with Gasteiger partial charge in [-0.1, -0.05) is 18.2 Å². The van der Waals surface area contributed by atoms with Crippen molar-refractivity contribution < 1.29 is 9.84 Å². The lowest BCUT2D eigenvalue weighted by Gasteiger charge is -2.31. The molecule has 5 rings (SSSR count). The van der Waals surface area contributed by atoms with Crippen molar-refractivity contribution in [3.8, 4) is 5.75 Å². The summed E-state index contributed by atoms with van der Waals surface area (Å²) in [6, 6.07) is 8.12. The van der Waals surface area contributed by atoms with Crippen LogP contribution < -0.4 is 20.3 Å². The summed E-state index contributed by atoms with van der Waals surface area (Å²) in [5.41, 5.74) is 5.11. The number of aliphatic hydroxyl groups excluding tert-OH is 1. The number of aromatic nitrogens is 3. The van der Waals surface area contributed by atoms with Gasteiger partial charge in [0.2, 0.25) is 5.95 Å². The fourth-order valence-electron chi connectivity index (χ4n) is 4.86. The zero-order valence-corrected chi connectivity index (χ0v) is 21.9. The molecule has 2 aliphatic rings. The molecule has 3 aromatic rings. The second-order valence-electron chi connectivity index (χ2n) is 9.27. The van der Waals surface area contributed by atoms with Crippen molar-refractivity contribution in [3.05, 3.63) is 54.3 Å². The number of nitrogens with one attached hydrogen (secondary N) is 2. The largest absolute Gasteiger partial charge is 0.494 e. The van der Waals surface area contributed by atoms with E-state index < -0.39 is 0 Å². The van der Waals surface area contributed by atoms with E-state index >= 15 is 0 Å². The van der Waals surface area contributed by atoms with Gasteiger partial charge in [-0.15, -0.1) is 0 Å². The molecule has 36 heavy (non-hydrogen) atoms. The fourth-order valence-corrected chi connectivity index (χ4v) is 5.62. The van der Waals surface area contributed by atoms with Gasteiger partial charge in [0.1, 0.15) is 11.3 Å². The highest BCUT2D eigenvalue weighted by Crippen LogP contribution is 2.34. The Bertz CT molecular complexity index is 1280. The van der Waals surface area contributed by atoms with Crippen LogP contribution >= 0.6 is 11.8 Å². The lowest BCUT2D eigenvalue weighted by molar-refractivity contribution is 0.145. The van der Waals surface area contributed by atoms with Crippen LogP contribution in [0.3, 0.4) is 0 Å². The summed E-state index contributed by atoms with van der Waals surface area (Å²) in [5, 5.41) is 17.3. The Morgan fingerprint density at radius 2 is 2.03 bits per heavy atom. The molecule has 8 nitrogen and oxygen atoms in total. The quantitative estimate of drug-likeness (QED) is 0.405. The smallest absolute Gasteiger partial charge is 0.229 e. The van der Waals surface area contributed by atoms with Crippen LogP contribution in [0.4, 0.5) is 23.1 Å². The molecule has 190 valence electrons. The molecule has 1 unspecified atom stereocenters. The molecule has 0 bridgehead atoms. The highest BCUT2D eigenvalue weighted by Gasteiger charge is 2.20. The van der Waals surface area contributed by atoms with Gasteiger partial charge in [0.15, 0.2) is 5.82 Å². The van der Waals surface area contributed by atoms with E-state index in [1.165, 1.54) is 5.57 Å². The average Bonchev–Trinajstić information content (AvgIpc) is 3.28. The van der Waals surface area contributed by atoms with Crippen LogP contribution in [0.2, 0.25) is 0 Å². The first-order valence-corrected chi connectivity index (χ1v) is 13.7. The number of piperidine rings is 1. The van der Waals surface area contributed by atoms with E-state index in [0.29, 0.717) is 11.2 Å². The summed E-state index contributed by atoms with van der Waals surface area (Å²) in [6.45, 7) is 2.40. The fraction of sp³-hybridized carbons (Fsp3) is 0.407. The van der Waals surface area contributed by atoms with Crippen LogP contribution in [0.15, 0.2) is 54.3 Å². The van der Waals surface area contributed by atoms with Gasteiger partial charge in [-0.05, 0) is 49.3 Å². The van der Waals surface area contributed by atoms with Gasteiger partial charge in [-0.3, -0.25) is 0 Å². The van der Waals surface area contributed by atoms with Crippen LogP contribution in [0.5, 0.6) is 5.75 Å². The molecule has 2 aromatic heterocycles. The van der Waals surface area contributed by atoms with E-state index in [1.807, 2.05) is 47.8 Å². The van der Waals surface area contributed by atoms with Crippen molar-refractivity contribution in [2.45, 2.75) is 30.6 Å². The van der Waals surface area contributed by atoms with Crippen molar-refractivity contribution in [2.24, 2.45) is 7.05 Å². The number of nitrogens with zero attached hydrogens (tertiary/aromatic N) is 4. The van der Waals surface area contributed by atoms with Crippen LogP contribution in [0.1, 0.15) is 19.3 Å². The zero-order valence-electron chi connectivity index (χ0n) is 21.1. The number of methoxy groups -OCH3 is 1. The molecule has 1 aliphatic heterocycles. The Labute approximate surface area is 216 Å². The molecule has 3 N–H and O–H groups in total. The Balaban J connectivity index is 1.39. The van der Waals surface area contributed by atoms with Gasteiger partial charge in [0.05, 0.1) is 24.4 Å². The molecule has 0 spiro atoms. The van der Waals surface area contributed by atoms with Gasteiger partial charge in [0.25, 0.3) is 0 Å². The van der Waals surface area contributed by atoms with Gasteiger partial charge in [-0.2, -0.15) is 16.7 Å². The molecule has 0 amide bonds. The molecule has 1 aliphatic carbocycles. The number of hydrogen-bond donors (Lipinski definition) is 3. The van der Waals surface area contributed by atoms with E-state index in [1.54, 1.807) is 7.11 Å². The summed E-state index contributed by atoms with van der Waals surface area (Å²) in [5.74, 6) is 2.04. The van der Waals surface area contributed by atoms with Crippen LogP contribution in [-0.2, 0) is 7.05 Å². The highest BCUT2D eigenvalue weighted by atomic mass is 32.2. The number of benzene rings is 1. The predicted octanol–water partition coefficient (Wildman–Crippen LogP) is 4.71. The summed E-state index contributed by atoms with van der Waals surface area (Å²) >= 11 is 1.88. The number of fused-ring (bicyclic) bond motifs is 1. The summed E-state index contributed by atoms with van der Waals surface area (Å²) < 4.78 is 7.76. The monoisotopic (exact) mass is 506 g/mol. The molecule has 1 atom stereocenters. The zero-order chi connectivity index (χ0) is 25.1. The highest BCUT2D eigenvalue weighted by molar-refractivity contribution is 7.99. The normalized spacial score (nSPS) is 18.4. The van der Waals surface area contributed by atoms with Gasteiger partial charge in [0, 0.05) is 49.9 Å². The van der Waals surface area contributed by atoms with E-state index in [9.17, 15) is 5.11 Å². The number of hydrogen-bond acceptors (Lipinski definition) is 8. The minimum absolute atomic E-state index is 0.200. The maximum absolute atomic E-state index is 9.83. The molecular weight excluding hydrogens is 472 g/mol. The summed E-state index contributed by atoms with van der Waals surface area (Å²) in [6.07, 6.45) is 13.2. The Hall–Kier alpha value is -3.17. The van der Waals surface area contributed by atoms with Crippen molar-refractivity contribution in [1.82, 2.24) is 14.5 Å². The van der Waals surface area contributed by atoms with E-state index in [0.717, 1.165) is 72.9 Å². The van der Waals surface area contributed by atoms with Crippen molar-refractivity contribution in [2.75, 3.05) is 48.5 Å². The molecular formula is C27H34N6O2S. The lowest BCUT2D eigenvalue weighted by atomic mass is 10.0. The molecule has 1 saturated heterocycles. The molecule has 3 heterocycles. The van der Waals surface area contributed by atoms with Crippen LogP contribution in [0.25, 0.3) is 11.0 Å². The second kappa shape index (κ2) is 10.8. The van der Waals surface area contributed by atoms with Crippen LogP contribution in [-0.4, -0.2) is 64.0 Å². The van der Waals surface area contributed by atoms with Crippen LogP contribution in [0, 0.1) is 0 Å². The topological polar surface area (TPSA) is 87.5 Å². The van der Waals surface area contributed by atoms with Crippen molar-refractivity contribution >= 4 is 45.9 Å². The molecule has 0 saturated carbocycles. The van der Waals surface area contributed by atoms with Gasteiger partial charge >= 0.3 is 0 Å². The van der Waals surface area contributed by atoms with E-state index in [4.69, 9.17) is 14.7 Å². The Morgan fingerprint density at radius 3 is 2.81 bits per heavy atom. The van der Waals surface area contributed by atoms with E-state index in [2.05, 4.69) is 46.1 Å². The number of aliphatic hydroxyl groups is 1. The Morgan fingerprint density at radius 1 is 1.19 bits per heavy atom. The lowest BCUT2D eigenvalue weighted by Crippen LogP contribution is -2.35. The third kappa shape index (κ3) is 5.17. The standard InChI is InChI=1S/C27H34N6O2S/c1-32-13-12-22-25(32)26(28-17-18-6-4-5-7-24(18)36-3)31-27(30-22)29-21-9-8-19(16-23(21)35-2)33-14-10-20(34)11-15-33/h4-6,8-9,12-13,16,20,24,34H,7,10-11,14-15,17H2,1-3H3,(H2,28,29,30,31). The van der Waals surface area contributed by atoms with Gasteiger partial charge < -0.3 is 29.9 Å². The SMILES string of the molecule is COc1cc(N2CCC(O)CC2)ccc1Nc1nc(NCC2=CC=CCC2SC)c2c(ccn2C)n1. The maximum atomic E-state index is 9.83. The van der Waals surface area contributed by atoms with Gasteiger partial charge in [-0.25, -0.2) is 4.98 Å². The number of aryl methyl sites for hydroxylation is 1. The number of ether oxygens (including phenoxy) is 1. The van der Waals surface area contributed by atoms with E-state index in [-0.39, 0.29) is 6.10 Å². The summed E-state index contributed by atoms with van der Waals surface area (Å²) in [4.78, 5) is 11.9. The number of allylic oxidation sites excluding steroid dienone is 3. The minimum atomic E-state index is -0.200. The van der Waals surface area contributed by atoms with Crippen molar-refractivity contribution in [3.63, 3.8) is 0 Å². The predicted molar refractivity (Wildman–Crippen MR) is 150 cm³/mol. The molecule has 1 fully saturated rings. The third-order valence-electron chi connectivity index (χ3n) is 6.94. The van der Waals surface area contributed by atoms with Crippen molar-refractivity contribution in [1.29, 1.82) is 0 Å². The third-order valence-corrected chi connectivity index (χ3v) is 8.00. The Kier molecular flexibility index (Phi) is 7.38. The molecule has 1 aromatic carbocycles. The summed E-state index contributed by atoms with van der Waals surface area (Å²) in [7, 11) is 3.69. The molecule has 0 radical (unpaired) electrons. The molecule has 9 heteroatoms. The second-order valence-corrected chi connectivity index (χ2v) is 10.3.